The number of nitrogens with zero attached hydrogens (tertiary/aromatic N) is 2. The third-order valence-corrected chi connectivity index (χ3v) is 3.27. The van der Waals surface area contributed by atoms with Gasteiger partial charge in [0.2, 0.25) is 0 Å². The van der Waals surface area contributed by atoms with Gasteiger partial charge in [-0.05, 0) is 0 Å². The Hall–Kier alpha value is -1.41. The summed E-state index contributed by atoms with van der Waals surface area (Å²) in [4.78, 5) is 14.2. The summed E-state index contributed by atoms with van der Waals surface area (Å²) in [7, 11) is -2.07. The van der Waals surface area contributed by atoms with Crippen molar-refractivity contribution in [2.75, 3.05) is 6.54 Å². The third-order valence-electron chi connectivity index (χ3n) is 1.96. The summed E-state index contributed by atoms with van der Waals surface area (Å²) in [5.74, 6) is -1.83. The second-order valence-corrected chi connectivity index (χ2v) is 5.18. The highest BCUT2D eigenvalue weighted by Gasteiger charge is 2.19. The number of carboxylic acid groups (broad SMARTS) is 1. The van der Waals surface area contributed by atoms with Crippen molar-refractivity contribution in [2.45, 2.75) is 11.9 Å². The van der Waals surface area contributed by atoms with Gasteiger partial charge in [0.05, 0.1) is 12.2 Å². The Morgan fingerprint density at radius 1 is 1.69 bits per heavy atom. The molecular weight excluding hydrogens is 234 g/mol. The molecule has 0 aliphatic carbocycles. The second kappa shape index (κ2) is 4.62. The molecule has 0 saturated heterocycles. The summed E-state index contributed by atoms with van der Waals surface area (Å²) >= 11 is 0. The van der Waals surface area contributed by atoms with Gasteiger partial charge in [-0.1, -0.05) is 6.92 Å². The number of sulfonamides is 1. The Morgan fingerprint density at radius 3 is 2.75 bits per heavy atom. The quantitative estimate of drug-likeness (QED) is 0.724. The lowest BCUT2D eigenvalue weighted by Crippen LogP contribution is -2.31. The minimum absolute atomic E-state index is 0.118. The number of carboxylic acids is 1. The first kappa shape index (κ1) is 12.7. The summed E-state index contributed by atoms with van der Waals surface area (Å²) in [5.41, 5.74) is 0. The van der Waals surface area contributed by atoms with Crippen molar-refractivity contribution in [1.29, 1.82) is 0 Å². The summed E-state index contributed by atoms with van der Waals surface area (Å²) < 4.78 is 26.9. The Kier molecular flexibility index (Phi) is 3.66. The number of aliphatic carboxylic acids is 1. The van der Waals surface area contributed by atoms with Crippen LogP contribution in [0.5, 0.6) is 0 Å². The van der Waals surface area contributed by atoms with E-state index in [-0.39, 0.29) is 11.6 Å². The molecule has 1 unspecified atom stereocenters. The fourth-order valence-corrected chi connectivity index (χ4v) is 2.03. The number of nitrogens with one attached hydrogen (secondary N) is 1. The summed E-state index contributed by atoms with van der Waals surface area (Å²) in [6.07, 6.45) is 2.70. The molecule has 0 fully saturated rings. The van der Waals surface area contributed by atoms with Crippen molar-refractivity contribution in [3.8, 4) is 0 Å². The predicted octanol–water partition coefficient (Wildman–Crippen LogP) is -0.581. The molecule has 0 aliphatic rings. The molecule has 1 rings (SSSR count). The molecular formula is C8H13N3O4S. The van der Waals surface area contributed by atoms with Crippen molar-refractivity contribution in [1.82, 2.24) is 14.3 Å². The van der Waals surface area contributed by atoms with Crippen LogP contribution >= 0.6 is 0 Å². The van der Waals surface area contributed by atoms with Crippen molar-refractivity contribution in [2.24, 2.45) is 13.0 Å². The molecule has 7 nitrogen and oxygen atoms in total. The average Bonchev–Trinajstić information content (AvgIpc) is 2.61. The number of rotatable bonds is 5. The zero-order valence-corrected chi connectivity index (χ0v) is 9.73. The van der Waals surface area contributed by atoms with E-state index in [4.69, 9.17) is 5.11 Å². The van der Waals surface area contributed by atoms with Crippen LogP contribution in [0.3, 0.4) is 0 Å². The van der Waals surface area contributed by atoms with Crippen molar-refractivity contribution in [3.05, 3.63) is 12.5 Å². The molecule has 8 heteroatoms. The van der Waals surface area contributed by atoms with Gasteiger partial charge in [0.1, 0.15) is 0 Å². The lowest BCUT2D eigenvalue weighted by molar-refractivity contribution is -0.140. The molecule has 1 atom stereocenters. The Morgan fingerprint density at radius 2 is 2.31 bits per heavy atom. The molecule has 0 aliphatic heterocycles. The first-order chi connectivity index (χ1) is 7.33. The fourth-order valence-electron chi connectivity index (χ4n) is 0.924. The van der Waals surface area contributed by atoms with E-state index < -0.39 is 21.9 Å². The topological polar surface area (TPSA) is 101 Å². The zero-order chi connectivity index (χ0) is 12.3. The third kappa shape index (κ3) is 3.04. The maximum absolute atomic E-state index is 11.6. The van der Waals surface area contributed by atoms with E-state index in [1.54, 1.807) is 7.05 Å². The predicted molar refractivity (Wildman–Crippen MR) is 55.2 cm³/mol. The normalized spacial score (nSPS) is 13.6. The Bertz CT molecular complexity index is 479. The Labute approximate surface area is 93.2 Å². The highest BCUT2D eigenvalue weighted by atomic mass is 32.2. The van der Waals surface area contributed by atoms with Gasteiger partial charge in [0.25, 0.3) is 10.0 Å². The van der Waals surface area contributed by atoms with Gasteiger partial charge in [-0.25, -0.2) is 18.1 Å². The van der Waals surface area contributed by atoms with Gasteiger partial charge in [-0.3, -0.25) is 4.79 Å². The fraction of sp³-hybridized carbons (Fsp3) is 0.500. The van der Waals surface area contributed by atoms with Crippen LogP contribution in [-0.2, 0) is 21.9 Å². The maximum Gasteiger partial charge on any atom is 0.307 e. The molecule has 0 saturated carbocycles. The van der Waals surface area contributed by atoms with Gasteiger partial charge >= 0.3 is 5.97 Å². The molecule has 1 aromatic rings. The van der Waals surface area contributed by atoms with Crippen LogP contribution in [0.2, 0.25) is 0 Å². The number of hydrogen-bond acceptors (Lipinski definition) is 4. The SMILES string of the molecule is CC(CNS(=O)(=O)c1cn(C)cn1)C(=O)O. The maximum atomic E-state index is 11.6. The van der Waals surface area contributed by atoms with Crippen LogP contribution in [0.4, 0.5) is 0 Å². The second-order valence-electron chi connectivity index (χ2n) is 3.47. The molecule has 0 bridgehead atoms. The largest absolute Gasteiger partial charge is 0.481 e. The smallest absolute Gasteiger partial charge is 0.307 e. The van der Waals surface area contributed by atoms with Crippen LogP contribution in [0.1, 0.15) is 6.92 Å². The number of hydrogen-bond donors (Lipinski definition) is 2. The number of imidazole rings is 1. The van der Waals surface area contributed by atoms with E-state index in [2.05, 4.69) is 9.71 Å². The number of aryl methyl sites for hydroxylation is 1. The first-order valence-corrected chi connectivity index (χ1v) is 6.01. The molecule has 2 N–H and O–H groups in total. The van der Waals surface area contributed by atoms with Crippen molar-refractivity contribution < 1.29 is 18.3 Å². The highest BCUT2D eigenvalue weighted by molar-refractivity contribution is 7.89. The van der Waals surface area contributed by atoms with Crippen LogP contribution < -0.4 is 4.72 Å². The van der Waals surface area contributed by atoms with E-state index in [0.717, 1.165) is 0 Å². The van der Waals surface area contributed by atoms with Gasteiger partial charge in [-0.15, -0.1) is 0 Å². The Balaban J connectivity index is 2.70. The average molecular weight is 247 g/mol. The van der Waals surface area contributed by atoms with Gasteiger partial charge in [0, 0.05) is 19.8 Å². The monoisotopic (exact) mass is 247 g/mol. The lowest BCUT2D eigenvalue weighted by Gasteiger charge is -2.07. The molecule has 0 amide bonds. The van der Waals surface area contributed by atoms with Gasteiger partial charge < -0.3 is 9.67 Å². The minimum Gasteiger partial charge on any atom is -0.481 e. The molecule has 0 aromatic carbocycles. The molecule has 0 spiro atoms. The van der Waals surface area contributed by atoms with E-state index in [1.165, 1.54) is 24.0 Å². The van der Waals surface area contributed by atoms with Crippen LogP contribution in [-0.4, -0.2) is 35.6 Å². The van der Waals surface area contributed by atoms with Crippen LogP contribution in [0, 0.1) is 5.92 Å². The summed E-state index contributed by atoms with van der Waals surface area (Å²) in [5, 5.41) is 8.48. The van der Waals surface area contributed by atoms with Crippen molar-refractivity contribution in [3.63, 3.8) is 0 Å². The van der Waals surface area contributed by atoms with E-state index >= 15 is 0 Å². The van der Waals surface area contributed by atoms with E-state index in [9.17, 15) is 13.2 Å². The van der Waals surface area contributed by atoms with E-state index in [1.807, 2.05) is 0 Å². The van der Waals surface area contributed by atoms with E-state index in [0.29, 0.717) is 0 Å². The highest BCUT2D eigenvalue weighted by Crippen LogP contribution is 2.04. The number of carbonyl (C=O) groups is 1. The van der Waals surface area contributed by atoms with Gasteiger partial charge in [0.15, 0.2) is 5.03 Å². The lowest BCUT2D eigenvalue weighted by atomic mass is 10.2. The summed E-state index contributed by atoms with van der Waals surface area (Å²) in [6, 6.07) is 0. The molecule has 1 aromatic heterocycles. The van der Waals surface area contributed by atoms with Crippen molar-refractivity contribution >= 4 is 16.0 Å². The molecule has 0 radical (unpaired) electrons. The zero-order valence-electron chi connectivity index (χ0n) is 8.91. The molecule has 90 valence electrons. The molecule has 16 heavy (non-hydrogen) atoms. The van der Waals surface area contributed by atoms with Gasteiger partial charge in [-0.2, -0.15) is 0 Å². The standard InChI is InChI=1S/C8H13N3O4S/c1-6(8(12)13)3-10-16(14,15)7-4-11(2)5-9-7/h4-6,10H,3H2,1-2H3,(H,12,13). The van der Waals surface area contributed by atoms with Crippen LogP contribution in [0.25, 0.3) is 0 Å². The van der Waals surface area contributed by atoms with Crippen LogP contribution in [0.15, 0.2) is 17.6 Å². The minimum atomic E-state index is -3.71. The first-order valence-electron chi connectivity index (χ1n) is 4.53. The summed E-state index contributed by atoms with van der Waals surface area (Å²) in [6.45, 7) is 1.26. The number of aromatic nitrogens is 2. The molecule has 1 heterocycles.